The minimum absolute atomic E-state index is 0.132. The zero-order chi connectivity index (χ0) is 23.3. The van der Waals surface area contributed by atoms with Crippen molar-refractivity contribution < 1.29 is 23.4 Å². The van der Waals surface area contributed by atoms with Gasteiger partial charge in [0, 0.05) is 23.5 Å². The second kappa shape index (κ2) is 7.57. The average molecular weight is 443 g/mol. The molecule has 32 heavy (non-hydrogen) atoms. The molecule has 3 aromatic heterocycles. The van der Waals surface area contributed by atoms with Crippen molar-refractivity contribution in [2.24, 2.45) is 0 Å². The summed E-state index contributed by atoms with van der Waals surface area (Å²) in [6.45, 7) is 2.23. The lowest BCUT2D eigenvalue weighted by molar-refractivity contribution is -0.258. The number of aliphatic hydroxyl groups is 2. The summed E-state index contributed by atoms with van der Waals surface area (Å²) < 4.78 is 41.8. The first-order chi connectivity index (χ1) is 15.0. The maximum atomic E-state index is 13.4. The maximum absolute atomic E-state index is 13.4. The summed E-state index contributed by atoms with van der Waals surface area (Å²) in [5.41, 5.74) is 6.36. The SMILES string of the molecule is Cc1ccc(C(C)(O)C(F)(F)F)cc1-c1cnc2c(N)nc(-c3ccnc(CO)c3)cn12. The van der Waals surface area contributed by atoms with Gasteiger partial charge in [-0.25, -0.2) is 9.97 Å². The third-order valence-electron chi connectivity index (χ3n) is 5.42. The lowest BCUT2D eigenvalue weighted by Crippen LogP contribution is -2.39. The van der Waals surface area contributed by atoms with E-state index in [-0.39, 0.29) is 18.0 Å². The van der Waals surface area contributed by atoms with E-state index in [0.29, 0.717) is 39.4 Å². The molecule has 4 N–H and O–H groups in total. The number of alkyl halides is 3. The Morgan fingerprint density at radius 3 is 2.56 bits per heavy atom. The predicted octanol–water partition coefficient (Wildman–Crippen LogP) is 3.61. The molecule has 10 heteroatoms. The molecule has 4 rings (SSSR count). The highest BCUT2D eigenvalue weighted by Crippen LogP contribution is 2.40. The monoisotopic (exact) mass is 443 g/mol. The van der Waals surface area contributed by atoms with Crippen LogP contribution in [0.4, 0.5) is 19.0 Å². The van der Waals surface area contributed by atoms with Crippen LogP contribution in [0.3, 0.4) is 0 Å². The fraction of sp³-hybridized carbons (Fsp3) is 0.227. The molecule has 0 fully saturated rings. The van der Waals surface area contributed by atoms with Crippen LogP contribution in [-0.2, 0) is 12.2 Å². The summed E-state index contributed by atoms with van der Waals surface area (Å²) >= 11 is 0. The first kappa shape index (κ1) is 21.7. The topological polar surface area (TPSA) is 110 Å². The Morgan fingerprint density at radius 1 is 1.12 bits per heavy atom. The average Bonchev–Trinajstić information content (AvgIpc) is 3.17. The smallest absolute Gasteiger partial charge is 0.390 e. The van der Waals surface area contributed by atoms with Gasteiger partial charge in [0.1, 0.15) is 0 Å². The summed E-state index contributed by atoms with van der Waals surface area (Å²) in [5.74, 6) is 0.132. The number of nitrogens with two attached hydrogens (primary N) is 1. The first-order valence-corrected chi connectivity index (χ1v) is 9.63. The molecule has 1 unspecified atom stereocenters. The number of fused-ring (bicyclic) bond motifs is 1. The Labute approximate surface area is 181 Å². The molecule has 0 radical (unpaired) electrons. The number of aromatic nitrogens is 4. The predicted molar refractivity (Wildman–Crippen MR) is 112 cm³/mol. The molecule has 0 aliphatic rings. The second-order valence-electron chi connectivity index (χ2n) is 7.64. The highest BCUT2D eigenvalue weighted by Gasteiger charge is 2.51. The van der Waals surface area contributed by atoms with Gasteiger partial charge < -0.3 is 15.9 Å². The number of nitrogens with zero attached hydrogens (tertiary/aromatic N) is 4. The van der Waals surface area contributed by atoms with Crippen LogP contribution < -0.4 is 5.73 Å². The molecule has 0 aliphatic carbocycles. The Balaban J connectivity index is 1.91. The van der Waals surface area contributed by atoms with Crippen molar-refractivity contribution in [1.82, 2.24) is 19.4 Å². The van der Waals surface area contributed by atoms with Gasteiger partial charge >= 0.3 is 6.18 Å². The van der Waals surface area contributed by atoms with Crippen LogP contribution >= 0.6 is 0 Å². The van der Waals surface area contributed by atoms with Crippen LogP contribution in [0, 0.1) is 6.92 Å². The van der Waals surface area contributed by atoms with E-state index in [4.69, 9.17) is 5.73 Å². The highest BCUT2D eigenvalue weighted by molar-refractivity contribution is 5.74. The summed E-state index contributed by atoms with van der Waals surface area (Å²) in [4.78, 5) is 12.7. The van der Waals surface area contributed by atoms with E-state index in [9.17, 15) is 23.4 Å². The molecule has 0 amide bonds. The molecule has 0 aliphatic heterocycles. The number of pyridine rings is 1. The molecule has 1 atom stereocenters. The molecule has 166 valence electrons. The number of halogens is 3. The molecular formula is C22H20F3N5O2. The summed E-state index contributed by atoms with van der Waals surface area (Å²) in [6, 6.07) is 7.45. The Morgan fingerprint density at radius 2 is 1.88 bits per heavy atom. The molecule has 0 saturated heterocycles. The van der Waals surface area contributed by atoms with Crippen molar-refractivity contribution in [3.05, 3.63) is 65.7 Å². The molecule has 4 aromatic rings. The van der Waals surface area contributed by atoms with Crippen LogP contribution in [0.2, 0.25) is 0 Å². The summed E-state index contributed by atoms with van der Waals surface area (Å²) in [7, 11) is 0. The van der Waals surface area contributed by atoms with Gasteiger partial charge in [0.25, 0.3) is 0 Å². The molecule has 1 aromatic carbocycles. The van der Waals surface area contributed by atoms with Gasteiger partial charge in [-0.1, -0.05) is 12.1 Å². The molecule has 0 saturated carbocycles. The quantitative estimate of drug-likeness (QED) is 0.445. The number of aryl methyl sites for hydroxylation is 1. The highest BCUT2D eigenvalue weighted by atomic mass is 19.4. The number of aliphatic hydroxyl groups excluding tert-OH is 1. The fourth-order valence-electron chi connectivity index (χ4n) is 3.44. The molecule has 0 spiro atoms. The van der Waals surface area contributed by atoms with E-state index in [1.165, 1.54) is 30.6 Å². The van der Waals surface area contributed by atoms with Crippen LogP contribution in [0.15, 0.2) is 48.9 Å². The van der Waals surface area contributed by atoms with E-state index in [0.717, 1.165) is 6.92 Å². The summed E-state index contributed by atoms with van der Waals surface area (Å²) in [6.07, 6.45) is -0.146. The van der Waals surface area contributed by atoms with Crippen LogP contribution in [0.25, 0.3) is 28.2 Å². The zero-order valence-electron chi connectivity index (χ0n) is 17.2. The minimum Gasteiger partial charge on any atom is -0.390 e. The Kier molecular flexibility index (Phi) is 5.14. The largest absolute Gasteiger partial charge is 0.421 e. The number of nitrogen functional groups attached to an aromatic ring is 1. The molecule has 7 nitrogen and oxygen atoms in total. The van der Waals surface area contributed by atoms with Gasteiger partial charge in [0.15, 0.2) is 17.1 Å². The minimum atomic E-state index is -4.84. The van der Waals surface area contributed by atoms with Crippen molar-refractivity contribution in [1.29, 1.82) is 0 Å². The van der Waals surface area contributed by atoms with Crippen molar-refractivity contribution in [2.75, 3.05) is 5.73 Å². The number of rotatable bonds is 4. The Bertz CT molecular complexity index is 1310. The van der Waals surface area contributed by atoms with Crippen LogP contribution in [-0.4, -0.2) is 35.7 Å². The number of hydrogen-bond donors (Lipinski definition) is 3. The normalized spacial score (nSPS) is 14.0. The van der Waals surface area contributed by atoms with Crippen LogP contribution in [0.1, 0.15) is 23.7 Å². The number of benzene rings is 1. The van der Waals surface area contributed by atoms with E-state index in [1.807, 2.05) is 0 Å². The van der Waals surface area contributed by atoms with Gasteiger partial charge in [-0.15, -0.1) is 0 Å². The maximum Gasteiger partial charge on any atom is 0.421 e. The first-order valence-electron chi connectivity index (χ1n) is 9.63. The summed E-state index contributed by atoms with van der Waals surface area (Å²) in [5, 5.41) is 19.5. The third kappa shape index (κ3) is 3.57. The molecule has 0 bridgehead atoms. The van der Waals surface area contributed by atoms with Gasteiger partial charge in [0.2, 0.25) is 0 Å². The van der Waals surface area contributed by atoms with E-state index >= 15 is 0 Å². The Hall–Kier alpha value is -3.50. The van der Waals surface area contributed by atoms with Gasteiger partial charge in [0.05, 0.1) is 29.9 Å². The molecule has 3 heterocycles. The third-order valence-corrected chi connectivity index (χ3v) is 5.42. The van der Waals surface area contributed by atoms with Crippen molar-refractivity contribution in [3.8, 4) is 22.5 Å². The number of imidazole rings is 1. The lowest BCUT2D eigenvalue weighted by atomic mass is 9.91. The zero-order valence-corrected chi connectivity index (χ0v) is 17.2. The van der Waals surface area contributed by atoms with Crippen molar-refractivity contribution in [2.45, 2.75) is 32.2 Å². The van der Waals surface area contributed by atoms with Crippen molar-refractivity contribution in [3.63, 3.8) is 0 Å². The van der Waals surface area contributed by atoms with Gasteiger partial charge in [-0.3, -0.25) is 9.38 Å². The fourth-order valence-corrected chi connectivity index (χ4v) is 3.44. The molecular weight excluding hydrogens is 423 g/mol. The van der Waals surface area contributed by atoms with E-state index < -0.39 is 11.8 Å². The second-order valence-corrected chi connectivity index (χ2v) is 7.64. The standard InChI is InChI=1S/C22H20F3N5O2/c1-12-3-4-14(21(2,32)22(23,24)25)8-16(12)18-9-28-20-19(26)29-17(10-30(18)20)13-5-6-27-15(7-13)11-31/h3-10,31-32H,11H2,1-2H3,(H2,26,29). The number of hydrogen-bond acceptors (Lipinski definition) is 6. The van der Waals surface area contributed by atoms with E-state index in [2.05, 4.69) is 15.0 Å². The lowest BCUT2D eigenvalue weighted by Gasteiger charge is -2.27. The van der Waals surface area contributed by atoms with Crippen LogP contribution in [0.5, 0.6) is 0 Å². The van der Waals surface area contributed by atoms with Gasteiger partial charge in [-0.2, -0.15) is 13.2 Å². The van der Waals surface area contributed by atoms with E-state index in [1.54, 1.807) is 29.7 Å². The van der Waals surface area contributed by atoms with Gasteiger partial charge in [-0.05, 0) is 43.2 Å². The van der Waals surface area contributed by atoms with Crippen molar-refractivity contribution >= 4 is 11.5 Å². The number of anilines is 1.